The topological polar surface area (TPSA) is 175 Å². The van der Waals surface area contributed by atoms with E-state index in [0.29, 0.717) is 41.6 Å². The van der Waals surface area contributed by atoms with Gasteiger partial charge in [-0.3, -0.25) is 19.2 Å². The minimum Gasteiger partial charge on any atom is -0.481 e. The molecule has 0 saturated heterocycles. The molecule has 0 aliphatic carbocycles. The molecule has 0 aliphatic heterocycles. The Morgan fingerprint density at radius 2 is 1.20 bits per heavy atom. The maximum atomic E-state index is 12.1. The van der Waals surface area contributed by atoms with E-state index >= 15 is 0 Å². The first-order valence-corrected chi connectivity index (χ1v) is 9.80. The maximum Gasteiger partial charge on any atom is 0.318 e. The van der Waals surface area contributed by atoms with Crippen LogP contribution in [0.25, 0.3) is 0 Å². The third kappa shape index (κ3) is 3.96. The van der Waals surface area contributed by atoms with Crippen molar-refractivity contribution in [2.24, 2.45) is 11.8 Å². The number of rotatable bonds is 11. The molecule has 0 saturated carbocycles. The summed E-state index contributed by atoms with van der Waals surface area (Å²) in [6.45, 7) is 6.77. The van der Waals surface area contributed by atoms with Crippen LogP contribution in [0.3, 0.4) is 0 Å². The molecule has 6 N–H and O–H groups in total. The number of benzene rings is 1. The van der Waals surface area contributed by atoms with E-state index < -0.39 is 41.1 Å². The van der Waals surface area contributed by atoms with Gasteiger partial charge in [0.1, 0.15) is 0 Å². The quantitative estimate of drug-likeness (QED) is 0.264. The highest BCUT2D eigenvalue weighted by Gasteiger charge is 2.59. The number of aryl methyl sites for hydroxylation is 1. The molecule has 0 bridgehead atoms. The van der Waals surface area contributed by atoms with E-state index in [0.717, 1.165) is 0 Å². The summed E-state index contributed by atoms with van der Waals surface area (Å²) in [7, 11) is 0. The fraction of sp³-hybridized carbons (Fsp3) is 0.524. The molecule has 1 aromatic rings. The zero-order valence-electron chi connectivity index (χ0n) is 17.6. The predicted molar refractivity (Wildman–Crippen MR) is 108 cm³/mol. The van der Waals surface area contributed by atoms with Gasteiger partial charge in [0.25, 0.3) is 0 Å². The van der Waals surface area contributed by atoms with E-state index in [1.54, 1.807) is 13.8 Å². The molecule has 9 nitrogen and oxygen atoms in total. The molecule has 0 heterocycles. The molecular formula is C21H29NO8. The highest BCUT2D eigenvalue weighted by atomic mass is 16.4. The van der Waals surface area contributed by atoms with Crippen LogP contribution in [0.4, 0.5) is 5.69 Å². The second-order valence-electron chi connectivity index (χ2n) is 7.13. The molecule has 0 amide bonds. The van der Waals surface area contributed by atoms with Crippen molar-refractivity contribution >= 4 is 29.6 Å². The van der Waals surface area contributed by atoms with Gasteiger partial charge in [0.2, 0.25) is 0 Å². The van der Waals surface area contributed by atoms with Crippen LogP contribution in [-0.2, 0) is 43.9 Å². The van der Waals surface area contributed by atoms with Gasteiger partial charge >= 0.3 is 23.9 Å². The van der Waals surface area contributed by atoms with Gasteiger partial charge in [0, 0.05) is 11.1 Å². The van der Waals surface area contributed by atoms with Gasteiger partial charge in [-0.05, 0) is 47.9 Å². The number of carbonyl (C=O) groups is 4. The summed E-state index contributed by atoms with van der Waals surface area (Å²) in [5, 5.41) is 39.1. The second-order valence-corrected chi connectivity index (χ2v) is 7.13. The minimum absolute atomic E-state index is 0.111. The fourth-order valence-corrected chi connectivity index (χ4v) is 4.54. The van der Waals surface area contributed by atoms with Crippen LogP contribution >= 0.6 is 0 Å². The Balaban J connectivity index is 4.35. The molecule has 0 aromatic heterocycles. The van der Waals surface area contributed by atoms with E-state index in [1.807, 2.05) is 6.92 Å². The molecule has 0 aliphatic rings. The number of nitrogen functional groups attached to an aromatic ring is 1. The summed E-state index contributed by atoms with van der Waals surface area (Å²) in [6.07, 6.45) is 0.825. The molecular weight excluding hydrogens is 394 g/mol. The van der Waals surface area contributed by atoms with Crippen LogP contribution in [0.5, 0.6) is 0 Å². The van der Waals surface area contributed by atoms with Crippen LogP contribution in [0.15, 0.2) is 6.07 Å². The number of nitrogens with two attached hydrogens (primary N) is 1. The molecule has 0 unspecified atom stereocenters. The average molecular weight is 423 g/mol. The monoisotopic (exact) mass is 423 g/mol. The molecule has 0 radical (unpaired) electrons. The van der Waals surface area contributed by atoms with Crippen LogP contribution in [-0.4, -0.2) is 44.3 Å². The summed E-state index contributed by atoms with van der Waals surface area (Å²) in [5.41, 5.74) is 6.33. The number of anilines is 1. The number of aliphatic carboxylic acids is 4. The van der Waals surface area contributed by atoms with Crippen LogP contribution in [0.1, 0.15) is 56.4 Å². The van der Waals surface area contributed by atoms with Crippen LogP contribution in [0.2, 0.25) is 0 Å². The summed E-state index contributed by atoms with van der Waals surface area (Å²) < 4.78 is 0. The van der Waals surface area contributed by atoms with Gasteiger partial charge in [-0.1, -0.05) is 33.8 Å². The molecule has 30 heavy (non-hydrogen) atoms. The second kappa shape index (κ2) is 9.60. The standard InChI is InChI=1S/C21H29NO8/c1-5-10-9-13(11(6-2)12(7-3)16(10)22)21(8-4,14(17(23)24)18(25)26)15(19(27)28)20(29)30/h9,14-15H,5-8,22H2,1-4H3,(H,23,24)(H,25,26)(H,27,28)(H,29,30). The Hall–Kier alpha value is -3.10. The molecule has 9 heteroatoms. The third-order valence-corrected chi connectivity index (χ3v) is 5.87. The van der Waals surface area contributed by atoms with Crippen molar-refractivity contribution in [3.63, 3.8) is 0 Å². The van der Waals surface area contributed by atoms with Gasteiger partial charge in [0.15, 0.2) is 11.8 Å². The molecule has 0 fully saturated rings. The van der Waals surface area contributed by atoms with Gasteiger partial charge in [-0.15, -0.1) is 0 Å². The largest absolute Gasteiger partial charge is 0.481 e. The lowest BCUT2D eigenvalue weighted by Gasteiger charge is -2.41. The fourth-order valence-electron chi connectivity index (χ4n) is 4.54. The Kier molecular flexibility index (Phi) is 7.98. The lowest BCUT2D eigenvalue weighted by molar-refractivity contribution is -0.167. The lowest BCUT2D eigenvalue weighted by Crippen LogP contribution is -2.55. The summed E-state index contributed by atoms with van der Waals surface area (Å²) >= 11 is 0. The minimum atomic E-state index is -2.29. The number of hydrogen-bond donors (Lipinski definition) is 5. The predicted octanol–water partition coefficient (Wildman–Crippen LogP) is 2.17. The van der Waals surface area contributed by atoms with E-state index in [2.05, 4.69) is 0 Å². The van der Waals surface area contributed by atoms with E-state index in [4.69, 9.17) is 5.73 Å². The summed E-state index contributed by atoms with van der Waals surface area (Å²) in [5.74, 6) is -11.8. The highest BCUT2D eigenvalue weighted by molar-refractivity contribution is 6.01. The molecule has 166 valence electrons. The first-order valence-electron chi connectivity index (χ1n) is 9.80. The van der Waals surface area contributed by atoms with E-state index in [1.165, 1.54) is 13.0 Å². The third-order valence-electron chi connectivity index (χ3n) is 5.87. The van der Waals surface area contributed by atoms with Crippen molar-refractivity contribution in [3.05, 3.63) is 28.3 Å². The lowest BCUT2D eigenvalue weighted by atomic mass is 9.58. The van der Waals surface area contributed by atoms with Gasteiger partial charge in [-0.25, -0.2) is 0 Å². The van der Waals surface area contributed by atoms with Gasteiger partial charge in [0.05, 0.1) is 0 Å². The van der Waals surface area contributed by atoms with Crippen molar-refractivity contribution in [3.8, 4) is 0 Å². The van der Waals surface area contributed by atoms with Crippen LogP contribution < -0.4 is 5.73 Å². The van der Waals surface area contributed by atoms with E-state index in [-0.39, 0.29) is 12.0 Å². The van der Waals surface area contributed by atoms with Crippen molar-refractivity contribution < 1.29 is 39.6 Å². The Morgan fingerprint density at radius 3 is 1.47 bits per heavy atom. The number of carboxylic acid groups (broad SMARTS) is 4. The van der Waals surface area contributed by atoms with Gasteiger partial charge < -0.3 is 26.2 Å². The highest BCUT2D eigenvalue weighted by Crippen LogP contribution is 2.47. The summed E-state index contributed by atoms with van der Waals surface area (Å²) in [4.78, 5) is 48.2. The Labute approximate surface area is 174 Å². The Bertz CT molecular complexity index is 801. The van der Waals surface area contributed by atoms with Crippen LogP contribution in [0, 0.1) is 11.8 Å². The van der Waals surface area contributed by atoms with Gasteiger partial charge in [-0.2, -0.15) is 0 Å². The first kappa shape index (κ1) is 24.9. The molecule has 1 aromatic carbocycles. The van der Waals surface area contributed by atoms with Crippen molar-refractivity contribution in [1.82, 2.24) is 0 Å². The Morgan fingerprint density at radius 1 is 0.800 bits per heavy atom. The number of hydrogen-bond acceptors (Lipinski definition) is 5. The SMILES string of the molecule is CCc1cc(C(CC)(C(C(=O)O)C(=O)O)C(C(=O)O)C(=O)O)c(CC)c(CC)c1N. The normalized spacial score (nSPS) is 11.7. The summed E-state index contributed by atoms with van der Waals surface area (Å²) in [6, 6.07) is 1.49. The average Bonchev–Trinajstić information content (AvgIpc) is 2.65. The maximum absolute atomic E-state index is 12.1. The van der Waals surface area contributed by atoms with Crippen molar-refractivity contribution in [1.29, 1.82) is 0 Å². The zero-order chi connectivity index (χ0) is 23.4. The van der Waals surface area contributed by atoms with E-state index in [9.17, 15) is 39.6 Å². The molecule has 0 atom stereocenters. The van der Waals surface area contributed by atoms with Crippen molar-refractivity contribution in [2.45, 2.75) is 58.8 Å². The smallest absolute Gasteiger partial charge is 0.318 e. The van der Waals surface area contributed by atoms with Crippen molar-refractivity contribution in [2.75, 3.05) is 5.73 Å². The zero-order valence-corrected chi connectivity index (χ0v) is 17.6. The first-order chi connectivity index (χ1) is 14.0. The number of carboxylic acids is 4. The molecule has 1 rings (SSSR count). The molecule has 0 spiro atoms.